The van der Waals surface area contributed by atoms with Gasteiger partial charge in [-0.1, -0.05) is 0 Å². The predicted molar refractivity (Wildman–Crippen MR) is 72.8 cm³/mol. The van der Waals surface area contributed by atoms with Crippen LogP contribution in [0.3, 0.4) is 0 Å². The Morgan fingerprint density at radius 1 is 1.53 bits per heavy atom. The lowest BCUT2D eigenvalue weighted by molar-refractivity contribution is -0.130. The Bertz CT molecular complexity index is 439. The minimum absolute atomic E-state index is 0.0366. The third-order valence-electron chi connectivity index (χ3n) is 2.72. The smallest absolute Gasteiger partial charge is 0.244 e. The number of ether oxygens (including phenoxy) is 1. The second-order valence-corrected chi connectivity index (χ2v) is 3.97. The van der Waals surface area contributed by atoms with Crippen molar-refractivity contribution in [2.45, 2.75) is 19.9 Å². The van der Waals surface area contributed by atoms with Crippen LogP contribution in [0.1, 0.15) is 13.8 Å². The van der Waals surface area contributed by atoms with Gasteiger partial charge in [0.05, 0.1) is 7.11 Å². The second-order valence-electron chi connectivity index (χ2n) is 3.97. The van der Waals surface area contributed by atoms with E-state index in [1.54, 1.807) is 18.9 Å². The minimum Gasteiger partial charge on any atom is -0.490 e. The fourth-order valence-corrected chi connectivity index (χ4v) is 1.53. The molecule has 8 nitrogen and oxygen atoms in total. The third kappa shape index (κ3) is 3.44. The number of rotatable bonds is 6. The average molecular weight is 268 g/mol. The molecule has 0 aliphatic rings. The fourth-order valence-electron chi connectivity index (χ4n) is 1.53. The van der Waals surface area contributed by atoms with Crippen molar-refractivity contribution in [2.24, 2.45) is 5.84 Å². The highest BCUT2D eigenvalue weighted by Gasteiger charge is 2.19. The highest BCUT2D eigenvalue weighted by Crippen LogP contribution is 2.28. The standard InChI is InChI=1S/C11H20N6O2/c1-5-17(3)11(18)7(2)15-9-8(19-4)10(16-12)14-6-13-9/h6-7H,5,12H2,1-4H3,(H2,13,14,15,16). The van der Waals surface area contributed by atoms with E-state index < -0.39 is 6.04 Å². The Morgan fingerprint density at radius 2 is 2.16 bits per heavy atom. The van der Waals surface area contributed by atoms with Crippen LogP contribution in [0.15, 0.2) is 6.33 Å². The molecule has 0 radical (unpaired) electrons. The van der Waals surface area contributed by atoms with Crippen LogP contribution in [-0.4, -0.2) is 47.5 Å². The average Bonchev–Trinajstić information content (AvgIpc) is 2.44. The molecule has 0 bridgehead atoms. The van der Waals surface area contributed by atoms with E-state index in [1.165, 1.54) is 13.4 Å². The summed E-state index contributed by atoms with van der Waals surface area (Å²) in [5.41, 5.74) is 2.41. The van der Waals surface area contributed by atoms with Crippen LogP contribution in [0.5, 0.6) is 5.75 Å². The van der Waals surface area contributed by atoms with Gasteiger partial charge >= 0.3 is 0 Å². The topological polar surface area (TPSA) is 105 Å². The number of methoxy groups -OCH3 is 1. The molecule has 1 rings (SSSR count). The summed E-state index contributed by atoms with van der Waals surface area (Å²) in [7, 11) is 3.22. The summed E-state index contributed by atoms with van der Waals surface area (Å²) in [6.45, 7) is 4.30. The van der Waals surface area contributed by atoms with Crippen molar-refractivity contribution in [3.63, 3.8) is 0 Å². The molecule has 8 heteroatoms. The highest BCUT2D eigenvalue weighted by atomic mass is 16.5. The zero-order valence-electron chi connectivity index (χ0n) is 11.6. The number of likely N-dealkylation sites (N-methyl/N-ethyl adjacent to an activating group) is 1. The first-order valence-electron chi connectivity index (χ1n) is 5.92. The lowest BCUT2D eigenvalue weighted by Crippen LogP contribution is -2.39. The highest BCUT2D eigenvalue weighted by molar-refractivity contribution is 5.84. The maximum absolute atomic E-state index is 12.0. The zero-order chi connectivity index (χ0) is 14.4. The monoisotopic (exact) mass is 268 g/mol. The van der Waals surface area contributed by atoms with Gasteiger partial charge in [0.1, 0.15) is 12.4 Å². The Hall–Kier alpha value is -2.09. The van der Waals surface area contributed by atoms with Gasteiger partial charge in [0, 0.05) is 13.6 Å². The predicted octanol–water partition coefficient (Wildman–Crippen LogP) is 0.0495. The Kier molecular flexibility index (Phi) is 5.31. The van der Waals surface area contributed by atoms with Crippen LogP contribution >= 0.6 is 0 Å². The van der Waals surface area contributed by atoms with E-state index in [-0.39, 0.29) is 5.91 Å². The van der Waals surface area contributed by atoms with Crippen LogP contribution < -0.4 is 21.3 Å². The summed E-state index contributed by atoms with van der Waals surface area (Å²) < 4.78 is 5.18. The summed E-state index contributed by atoms with van der Waals surface area (Å²) in [6, 6.07) is -0.431. The van der Waals surface area contributed by atoms with Crippen LogP contribution in [-0.2, 0) is 4.79 Å². The van der Waals surface area contributed by atoms with Gasteiger partial charge in [-0.15, -0.1) is 0 Å². The Labute approximate surface area is 112 Å². The van der Waals surface area contributed by atoms with Gasteiger partial charge in [-0.3, -0.25) is 4.79 Å². The van der Waals surface area contributed by atoms with Gasteiger partial charge in [-0.25, -0.2) is 15.8 Å². The summed E-state index contributed by atoms with van der Waals surface area (Å²) in [5.74, 6) is 6.42. The van der Waals surface area contributed by atoms with Crippen molar-refractivity contribution >= 4 is 17.5 Å². The quantitative estimate of drug-likeness (QED) is 0.494. The van der Waals surface area contributed by atoms with E-state index in [4.69, 9.17) is 10.6 Å². The maximum atomic E-state index is 12.0. The molecule has 1 heterocycles. The fraction of sp³-hybridized carbons (Fsp3) is 0.545. The molecule has 19 heavy (non-hydrogen) atoms. The van der Waals surface area contributed by atoms with E-state index in [2.05, 4.69) is 20.7 Å². The first-order chi connectivity index (χ1) is 9.04. The minimum atomic E-state index is -0.431. The summed E-state index contributed by atoms with van der Waals surface area (Å²) in [5, 5.41) is 2.99. The normalized spacial score (nSPS) is 11.6. The number of carbonyl (C=O) groups is 1. The number of aromatic nitrogens is 2. The molecule has 0 spiro atoms. The first-order valence-corrected chi connectivity index (χ1v) is 5.92. The lowest BCUT2D eigenvalue weighted by atomic mass is 10.3. The van der Waals surface area contributed by atoms with Crippen molar-refractivity contribution in [3.8, 4) is 5.75 Å². The molecule has 0 saturated heterocycles. The van der Waals surface area contributed by atoms with Crippen molar-refractivity contribution < 1.29 is 9.53 Å². The number of nitrogen functional groups attached to an aromatic ring is 1. The Balaban J connectivity index is 2.90. The molecule has 0 aliphatic carbocycles. The summed E-state index contributed by atoms with van der Waals surface area (Å²) >= 11 is 0. The molecule has 4 N–H and O–H groups in total. The molecule has 1 aromatic heterocycles. The summed E-state index contributed by atoms with van der Waals surface area (Å²) in [4.78, 5) is 21.6. The Morgan fingerprint density at radius 3 is 2.68 bits per heavy atom. The van der Waals surface area contributed by atoms with Crippen LogP contribution in [0.25, 0.3) is 0 Å². The number of nitrogens with two attached hydrogens (primary N) is 1. The number of nitrogens with one attached hydrogen (secondary N) is 2. The van der Waals surface area contributed by atoms with E-state index >= 15 is 0 Å². The van der Waals surface area contributed by atoms with Gasteiger partial charge in [0.25, 0.3) is 0 Å². The number of amides is 1. The number of hydrogen-bond acceptors (Lipinski definition) is 7. The summed E-state index contributed by atoms with van der Waals surface area (Å²) in [6.07, 6.45) is 1.33. The van der Waals surface area contributed by atoms with Crippen molar-refractivity contribution in [1.29, 1.82) is 0 Å². The van der Waals surface area contributed by atoms with Crippen LogP contribution in [0.2, 0.25) is 0 Å². The number of nitrogens with zero attached hydrogens (tertiary/aromatic N) is 3. The van der Waals surface area contributed by atoms with E-state index in [1.807, 2.05) is 6.92 Å². The SMILES string of the molecule is CCN(C)C(=O)C(C)Nc1ncnc(NN)c1OC. The van der Waals surface area contributed by atoms with Crippen molar-refractivity contribution in [1.82, 2.24) is 14.9 Å². The van der Waals surface area contributed by atoms with Gasteiger partial charge < -0.3 is 20.4 Å². The lowest BCUT2D eigenvalue weighted by Gasteiger charge is -2.22. The third-order valence-corrected chi connectivity index (χ3v) is 2.72. The van der Waals surface area contributed by atoms with Crippen molar-refractivity contribution in [2.75, 3.05) is 31.4 Å². The largest absolute Gasteiger partial charge is 0.490 e. The molecule has 106 valence electrons. The molecule has 1 atom stereocenters. The maximum Gasteiger partial charge on any atom is 0.244 e. The molecule has 0 aliphatic heterocycles. The second kappa shape index (κ2) is 6.74. The van der Waals surface area contributed by atoms with Crippen molar-refractivity contribution in [3.05, 3.63) is 6.33 Å². The number of hydrazine groups is 1. The molecule has 0 fully saturated rings. The molecule has 1 aromatic rings. The van der Waals surface area contributed by atoms with E-state index in [0.29, 0.717) is 23.9 Å². The molecule has 0 saturated carbocycles. The first kappa shape index (κ1) is 15.0. The van der Waals surface area contributed by atoms with Gasteiger partial charge in [-0.2, -0.15) is 0 Å². The number of hydrogen-bond donors (Lipinski definition) is 3. The van der Waals surface area contributed by atoms with E-state index in [0.717, 1.165) is 0 Å². The molecule has 0 aromatic carbocycles. The molecule has 1 amide bonds. The van der Waals surface area contributed by atoms with Crippen LogP contribution in [0, 0.1) is 0 Å². The molecular weight excluding hydrogens is 248 g/mol. The van der Waals surface area contributed by atoms with Gasteiger partial charge in [0.2, 0.25) is 11.7 Å². The number of carbonyl (C=O) groups excluding carboxylic acids is 1. The zero-order valence-corrected chi connectivity index (χ0v) is 11.6. The molecular formula is C11H20N6O2. The molecule has 1 unspecified atom stereocenters. The van der Waals surface area contributed by atoms with Gasteiger partial charge in [0.15, 0.2) is 11.6 Å². The van der Waals surface area contributed by atoms with E-state index in [9.17, 15) is 4.79 Å². The van der Waals surface area contributed by atoms with Gasteiger partial charge in [-0.05, 0) is 13.8 Å². The van der Waals surface area contributed by atoms with Crippen LogP contribution in [0.4, 0.5) is 11.6 Å². The number of anilines is 2.